The first kappa shape index (κ1) is 17.2. The summed E-state index contributed by atoms with van der Waals surface area (Å²) in [6.45, 7) is 6.23. The summed E-state index contributed by atoms with van der Waals surface area (Å²) in [6, 6.07) is 3.31. The summed E-state index contributed by atoms with van der Waals surface area (Å²) in [6.07, 6.45) is -0.457. The lowest BCUT2D eigenvalue weighted by atomic mass is 10.1. The molecule has 2 rings (SSSR count). The molecule has 5 nitrogen and oxygen atoms in total. The number of carbonyl (C=O) groups excluding carboxylic acids is 2. The summed E-state index contributed by atoms with van der Waals surface area (Å²) in [5.41, 5.74) is -1.15. The molecule has 1 fully saturated rings. The Morgan fingerprint density at radius 2 is 1.48 bits per heavy atom. The summed E-state index contributed by atoms with van der Waals surface area (Å²) in [5.74, 6) is -2.47. The predicted molar refractivity (Wildman–Crippen MR) is 80.1 cm³/mol. The van der Waals surface area contributed by atoms with Crippen molar-refractivity contribution in [3.05, 3.63) is 35.4 Å². The quantitative estimate of drug-likeness (QED) is 0.797. The zero-order valence-electron chi connectivity index (χ0n) is 13.4. The minimum Gasteiger partial charge on any atom is -0.444 e. The van der Waals surface area contributed by atoms with Gasteiger partial charge in [0, 0.05) is 26.2 Å². The van der Waals surface area contributed by atoms with E-state index in [1.165, 1.54) is 15.9 Å². The van der Waals surface area contributed by atoms with Gasteiger partial charge in [0.15, 0.2) is 0 Å². The molecule has 0 aliphatic carbocycles. The lowest BCUT2D eigenvalue weighted by molar-refractivity contribution is 0.0139. The van der Waals surface area contributed by atoms with Crippen LogP contribution in [0.3, 0.4) is 0 Å². The fraction of sp³-hybridized carbons (Fsp3) is 0.500. The van der Waals surface area contributed by atoms with E-state index in [1.54, 1.807) is 20.8 Å². The number of piperazine rings is 1. The second kappa shape index (κ2) is 6.52. The molecule has 1 aromatic carbocycles. The largest absolute Gasteiger partial charge is 0.444 e. The SMILES string of the molecule is CC(C)(C)OC(=O)N1CCN(C(=O)c2c(F)cccc2F)CC1. The first-order valence-electron chi connectivity index (χ1n) is 7.40. The highest BCUT2D eigenvalue weighted by molar-refractivity contribution is 5.95. The van der Waals surface area contributed by atoms with Crippen LogP contribution in [0.4, 0.5) is 13.6 Å². The van der Waals surface area contributed by atoms with E-state index in [1.807, 2.05) is 0 Å². The van der Waals surface area contributed by atoms with Crippen molar-refractivity contribution in [2.75, 3.05) is 26.2 Å². The Balaban J connectivity index is 1.99. The fourth-order valence-corrected chi connectivity index (χ4v) is 2.28. The maximum Gasteiger partial charge on any atom is 0.410 e. The molecule has 0 atom stereocenters. The molecule has 0 aromatic heterocycles. The van der Waals surface area contributed by atoms with Crippen molar-refractivity contribution in [2.45, 2.75) is 26.4 Å². The summed E-state index contributed by atoms with van der Waals surface area (Å²) in [7, 11) is 0. The van der Waals surface area contributed by atoms with Gasteiger partial charge < -0.3 is 14.5 Å². The number of hydrogen-bond acceptors (Lipinski definition) is 3. The molecule has 0 spiro atoms. The zero-order valence-corrected chi connectivity index (χ0v) is 13.4. The Labute approximate surface area is 133 Å². The number of rotatable bonds is 1. The second-order valence-corrected chi connectivity index (χ2v) is 6.36. The first-order valence-corrected chi connectivity index (χ1v) is 7.40. The molecule has 7 heteroatoms. The van der Waals surface area contributed by atoms with Crippen LogP contribution in [-0.4, -0.2) is 53.6 Å². The van der Waals surface area contributed by atoms with Gasteiger partial charge in [-0.05, 0) is 32.9 Å². The van der Waals surface area contributed by atoms with Gasteiger partial charge in [-0.1, -0.05) is 6.07 Å². The summed E-state index contributed by atoms with van der Waals surface area (Å²) in [4.78, 5) is 27.0. The van der Waals surface area contributed by atoms with Crippen LogP contribution >= 0.6 is 0 Å². The van der Waals surface area contributed by atoms with Crippen molar-refractivity contribution >= 4 is 12.0 Å². The van der Waals surface area contributed by atoms with E-state index in [9.17, 15) is 18.4 Å². The van der Waals surface area contributed by atoms with Gasteiger partial charge in [0.05, 0.1) is 0 Å². The van der Waals surface area contributed by atoms with Gasteiger partial charge in [0.1, 0.15) is 22.8 Å². The molecule has 1 aliphatic heterocycles. The number of carbonyl (C=O) groups is 2. The number of amides is 2. The number of ether oxygens (including phenoxy) is 1. The van der Waals surface area contributed by atoms with Crippen molar-refractivity contribution in [1.82, 2.24) is 9.80 Å². The normalized spacial score (nSPS) is 15.5. The van der Waals surface area contributed by atoms with Crippen LogP contribution in [0.25, 0.3) is 0 Å². The topological polar surface area (TPSA) is 49.9 Å². The lowest BCUT2D eigenvalue weighted by Gasteiger charge is -2.35. The molecule has 1 aromatic rings. The van der Waals surface area contributed by atoms with Crippen LogP contribution in [0.2, 0.25) is 0 Å². The highest BCUT2D eigenvalue weighted by Crippen LogP contribution is 2.17. The van der Waals surface area contributed by atoms with E-state index in [0.29, 0.717) is 0 Å². The van der Waals surface area contributed by atoms with Crippen molar-refractivity contribution in [3.63, 3.8) is 0 Å². The van der Waals surface area contributed by atoms with Crippen LogP contribution in [0.15, 0.2) is 18.2 Å². The average Bonchev–Trinajstić information content (AvgIpc) is 2.45. The van der Waals surface area contributed by atoms with E-state index in [0.717, 1.165) is 12.1 Å². The van der Waals surface area contributed by atoms with Gasteiger partial charge in [0.25, 0.3) is 5.91 Å². The van der Waals surface area contributed by atoms with Gasteiger partial charge in [-0.3, -0.25) is 4.79 Å². The molecule has 23 heavy (non-hydrogen) atoms. The lowest BCUT2D eigenvalue weighted by Crippen LogP contribution is -2.51. The van der Waals surface area contributed by atoms with Gasteiger partial charge in [0.2, 0.25) is 0 Å². The molecule has 1 saturated heterocycles. The monoisotopic (exact) mass is 326 g/mol. The summed E-state index contributed by atoms with van der Waals surface area (Å²) < 4.78 is 32.6. The standard InChI is InChI=1S/C16H20F2N2O3/c1-16(2,3)23-15(22)20-9-7-19(8-10-20)14(21)13-11(17)5-4-6-12(13)18/h4-6H,7-10H2,1-3H3. The third-order valence-corrected chi connectivity index (χ3v) is 3.40. The highest BCUT2D eigenvalue weighted by Gasteiger charge is 2.30. The Kier molecular flexibility index (Phi) is 4.87. The molecular formula is C16H20F2N2O3. The van der Waals surface area contributed by atoms with Crippen molar-refractivity contribution < 1.29 is 23.1 Å². The second-order valence-electron chi connectivity index (χ2n) is 6.36. The minimum atomic E-state index is -0.885. The summed E-state index contributed by atoms with van der Waals surface area (Å²) >= 11 is 0. The molecule has 2 amide bonds. The van der Waals surface area contributed by atoms with Crippen LogP contribution in [-0.2, 0) is 4.74 Å². The molecule has 1 aliphatic rings. The average molecular weight is 326 g/mol. The number of halogens is 2. The molecule has 0 N–H and O–H groups in total. The maximum atomic E-state index is 13.7. The van der Waals surface area contributed by atoms with Crippen LogP contribution in [0.5, 0.6) is 0 Å². The highest BCUT2D eigenvalue weighted by atomic mass is 19.1. The molecular weight excluding hydrogens is 306 g/mol. The molecule has 0 unspecified atom stereocenters. The van der Waals surface area contributed by atoms with Crippen LogP contribution < -0.4 is 0 Å². The number of nitrogens with zero attached hydrogens (tertiary/aromatic N) is 2. The Morgan fingerprint density at radius 3 is 1.96 bits per heavy atom. The Hall–Kier alpha value is -2.18. The number of hydrogen-bond donors (Lipinski definition) is 0. The smallest absolute Gasteiger partial charge is 0.410 e. The predicted octanol–water partition coefficient (Wildman–Crippen LogP) is 2.66. The maximum absolute atomic E-state index is 13.7. The van der Waals surface area contributed by atoms with E-state index in [2.05, 4.69) is 0 Å². The van der Waals surface area contributed by atoms with Gasteiger partial charge in [-0.25, -0.2) is 13.6 Å². The van der Waals surface area contributed by atoms with Gasteiger partial charge in [-0.15, -0.1) is 0 Å². The fourth-order valence-electron chi connectivity index (χ4n) is 2.28. The molecule has 0 radical (unpaired) electrons. The minimum absolute atomic E-state index is 0.200. The van der Waals surface area contributed by atoms with Crippen molar-refractivity contribution in [3.8, 4) is 0 Å². The van der Waals surface area contributed by atoms with Crippen molar-refractivity contribution in [1.29, 1.82) is 0 Å². The van der Waals surface area contributed by atoms with E-state index in [4.69, 9.17) is 4.74 Å². The van der Waals surface area contributed by atoms with Crippen LogP contribution in [0, 0.1) is 11.6 Å². The third-order valence-electron chi connectivity index (χ3n) is 3.40. The Bertz CT molecular complexity index is 586. The van der Waals surface area contributed by atoms with Gasteiger partial charge in [-0.2, -0.15) is 0 Å². The third kappa shape index (κ3) is 4.18. The zero-order chi connectivity index (χ0) is 17.2. The molecule has 0 saturated carbocycles. The molecule has 0 bridgehead atoms. The Morgan fingerprint density at radius 1 is 1.00 bits per heavy atom. The molecule has 126 valence electrons. The van der Waals surface area contributed by atoms with Crippen LogP contribution in [0.1, 0.15) is 31.1 Å². The van der Waals surface area contributed by atoms with Crippen molar-refractivity contribution in [2.24, 2.45) is 0 Å². The van der Waals surface area contributed by atoms with E-state index in [-0.39, 0.29) is 26.2 Å². The molecule has 1 heterocycles. The van der Waals surface area contributed by atoms with E-state index < -0.39 is 34.8 Å². The summed E-state index contributed by atoms with van der Waals surface area (Å²) in [5, 5.41) is 0. The first-order chi connectivity index (χ1) is 10.7. The number of benzene rings is 1. The van der Waals surface area contributed by atoms with E-state index >= 15 is 0 Å². The van der Waals surface area contributed by atoms with Gasteiger partial charge >= 0.3 is 6.09 Å².